The number of likely N-dealkylation sites (N-methyl/N-ethyl adjacent to an activating group) is 1. The molecule has 0 saturated carbocycles. The molecule has 0 radical (unpaired) electrons. The monoisotopic (exact) mass is 351 g/mol. The number of carbonyl (C=O) groups is 1. The summed E-state index contributed by atoms with van der Waals surface area (Å²) < 4.78 is 19.3. The number of nitrogens with one attached hydrogen (secondary N) is 2. The van der Waals surface area contributed by atoms with Crippen molar-refractivity contribution in [2.75, 3.05) is 32.1 Å². The van der Waals surface area contributed by atoms with Gasteiger partial charge in [-0.3, -0.25) is 4.79 Å². The first-order chi connectivity index (χ1) is 11.4. The Morgan fingerprint density at radius 1 is 1.25 bits per heavy atom. The molecule has 0 heterocycles. The molecule has 2 aromatic carbocycles. The van der Waals surface area contributed by atoms with Gasteiger partial charge in [-0.25, -0.2) is 4.39 Å². The van der Waals surface area contributed by atoms with Gasteiger partial charge in [0.2, 0.25) is 0 Å². The SMILES string of the molecule is Cc1ccc(NC(=O)C[NH+](C)CCOc2ccc(Cl)cc2)c(F)c1. The first-order valence-electron chi connectivity index (χ1n) is 7.69. The van der Waals surface area contributed by atoms with Crippen LogP contribution < -0.4 is 15.0 Å². The highest BCUT2D eigenvalue weighted by atomic mass is 35.5. The van der Waals surface area contributed by atoms with Gasteiger partial charge in [-0.15, -0.1) is 0 Å². The predicted octanol–water partition coefficient (Wildman–Crippen LogP) is 2.32. The predicted molar refractivity (Wildman–Crippen MR) is 93.3 cm³/mol. The topological polar surface area (TPSA) is 42.8 Å². The zero-order chi connectivity index (χ0) is 17.5. The van der Waals surface area contributed by atoms with Crippen molar-refractivity contribution in [3.8, 4) is 5.75 Å². The van der Waals surface area contributed by atoms with E-state index in [1.54, 1.807) is 43.3 Å². The Bertz CT molecular complexity index is 692. The molecule has 6 heteroatoms. The van der Waals surface area contributed by atoms with Gasteiger partial charge in [0, 0.05) is 5.02 Å². The van der Waals surface area contributed by atoms with Gasteiger partial charge in [-0.1, -0.05) is 17.7 Å². The lowest BCUT2D eigenvalue weighted by Crippen LogP contribution is -3.10. The summed E-state index contributed by atoms with van der Waals surface area (Å²) in [5, 5.41) is 3.25. The molecule has 128 valence electrons. The molecule has 0 bridgehead atoms. The maximum absolute atomic E-state index is 13.7. The number of aryl methyl sites for hydroxylation is 1. The summed E-state index contributed by atoms with van der Waals surface area (Å²) in [5.74, 6) is 0.0761. The van der Waals surface area contributed by atoms with Crippen LogP contribution in [-0.2, 0) is 4.79 Å². The maximum Gasteiger partial charge on any atom is 0.279 e. The molecule has 2 N–H and O–H groups in total. The van der Waals surface area contributed by atoms with Crippen LogP contribution in [0, 0.1) is 12.7 Å². The summed E-state index contributed by atoms with van der Waals surface area (Å²) in [5.41, 5.74) is 1.02. The summed E-state index contributed by atoms with van der Waals surface area (Å²) in [6.07, 6.45) is 0. The lowest BCUT2D eigenvalue weighted by Gasteiger charge is -2.14. The van der Waals surface area contributed by atoms with Crippen LogP contribution in [0.25, 0.3) is 0 Å². The molecule has 0 aliphatic rings. The quantitative estimate of drug-likeness (QED) is 0.804. The van der Waals surface area contributed by atoms with E-state index in [1.807, 2.05) is 7.05 Å². The lowest BCUT2D eigenvalue weighted by atomic mass is 10.2. The number of anilines is 1. The van der Waals surface area contributed by atoms with E-state index in [2.05, 4.69) is 5.32 Å². The van der Waals surface area contributed by atoms with E-state index < -0.39 is 5.82 Å². The van der Waals surface area contributed by atoms with Crippen LogP contribution in [0.1, 0.15) is 5.56 Å². The lowest BCUT2D eigenvalue weighted by molar-refractivity contribution is -0.871. The summed E-state index contributed by atoms with van der Waals surface area (Å²) in [7, 11) is 1.89. The number of benzene rings is 2. The molecule has 1 amide bonds. The second-order valence-corrected chi connectivity index (χ2v) is 6.15. The minimum atomic E-state index is -0.424. The Kier molecular flexibility index (Phi) is 6.58. The van der Waals surface area contributed by atoms with Gasteiger partial charge < -0.3 is 15.0 Å². The largest absolute Gasteiger partial charge is 0.488 e. The van der Waals surface area contributed by atoms with E-state index in [9.17, 15) is 9.18 Å². The number of hydrogen-bond donors (Lipinski definition) is 2. The van der Waals surface area contributed by atoms with Crippen molar-refractivity contribution < 1.29 is 18.8 Å². The molecule has 2 aromatic rings. The molecule has 2 rings (SSSR count). The van der Waals surface area contributed by atoms with E-state index in [0.717, 1.165) is 16.2 Å². The summed E-state index contributed by atoms with van der Waals surface area (Å²) in [6.45, 7) is 3.15. The third-order valence-electron chi connectivity index (χ3n) is 3.47. The van der Waals surface area contributed by atoms with E-state index in [0.29, 0.717) is 18.2 Å². The molecule has 0 aliphatic heterocycles. The van der Waals surface area contributed by atoms with Crippen molar-refractivity contribution in [2.45, 2.75) is 6.92 Å². The maximum atomic E-state index is 13.7. The number of halogens is 2. The smallest absolute Gasteiger partial charge is 0.279 e. The molecule has 0 aromatic heterocycles. The third kappa shape index (κ3) is 5.83. The van der Waals surface area contributed by atoms with Crippen molar-refractivity contribution >= 4 is 23.2 Å². The molecule has 0 spiro atoms. The summed E-state index contributed by atoms with van der Waals surface area (Å²) >= 11 is 5.81. The zero-order valence-corrected chi connectivity index (χ0v) is 14.5. The van der Waals surface area contributed by atoms with Crippen molar-refractivity contribution in [3.05, 3.63) is 58.9 Å². The van der Waals surface area contributed by atoms with E-state index in [4.69, 9.17) is 16.3 Å². The molecule has 0 aliphatic carbocycles. The van der Waals surface area contributed by atoms with E-state index in [-0.39, 0.29) is 18.1 Å². The van der Waals surface area contributed by atoms with Crippen LogP contribution >= 0.6 is 11.6 Å². The molecule has 1 unspecified atom stereocenters. The van der Waals surface area contributed by atoms with Gasteiger partial charge in [-0.05, 0) is 48.9 Å². The average Bonchev–Trinajstić information content (AvgIpc) is 2.52. The van der Waals surface area contributed by atoms with Gasteiger partial charge in [0.05, 0.1) is 12.7 Å². The molecule has 24 heavy (non-hydrogen) atoms. The molecule has 4 nitrogen and oxygen atoms in total. The van der Waals surface area contributed by atoms with Crippen LogP contribution in [0.2, 0.25) is 5.02 Å². The van der Waals surface area contributed by atoms with Gasteiger partial charge >= 0.3 is 0 Å². The van der Waals surface area contributed by atoms with E-state index >= 15 is 0 Å². The highest BCUT2D eigenvalue weighted by molar-refractivity contribution is 6.30. The zero-order valence-electron chi connectivity index (χ0n) is 13.7. The Hall–Kier alpha value is -2.11. The first kappa shape index (κ1) is 18.2. The van der Waals surface area contributed by atoms with Crippen LogP contribution in [0.5, 0.6) is 5.75 Å². The van der Waals surface area contributed by atoms with Crippen molar-refractivity contribution in [2.24, 2.45) is 0 Å². The standard InChI is InChI=1S/C18H20ClFN2O2/c1-13-3-8-17(16(20)11-13)21-18(23)12-22(2)9-10-24-15-6-4-14(19)5-7-15/h3-8,11H,9-10,12H2,1-2H3,(H,21,23)/p+1. The number of quaternary nitrogens is 1. The number of hydrogen-bond acceptors (Lipinski definition) is 2. The molecule has 0 fully saturated rings. The fourth-order valence-electron chi connectivity index (χ4n) is 2.15. The Labute approximate surface area is 146 Å². The summed E-state index contributed by atoms with van der Waals surface area (Å²) in [6, 6.07) is 11.8. The Morgan fingerprint density at radius 3 is 2.62 bits per heavy atom. The molecular weight excluding hydrogens is 331 g/mol. The summed E-state index contributed by atoms with van der Waals surface area (Å²) in [4.78, 5) is 12.9. The fourth-order valence-corrected chi connectivity index (χ4v) is 2.28. The van der Waals surface area contributed by atoms with Gasteiger partial charge in [0.15, 0.2) is 6.54 Å². The normalized spacial score (nSPS) is 11.8. The van der Waals surface area contributed by atoms with Crippen LogP contribution in [-0.4, -0.2) is 32.7 Å². The van der Waals surface area contributed by atoms with Crippen molar-refractivity contribution in [1.82, 2.24) is 0 Å². The number of amides is 1. The Morgan fingerprint density at radius 2 is 1.96 bits per heavy atom. The molecule has 1 atom stereocenters. The van der Waals surface area contributed by atoms with Gasteiger partial charge in [0.1, 0.15) is 24.7 Å². The second kappa shape index (κ2) is 8.66. The van der Waals surface area contributed by atoms with Crippen molar-refractivity contribution in [3.63, 3.8) is 0 Å². The van der Waals surface area contributed by atoms with E-state index in [1.165, 1.54) is 6.07 Å². The first-order valence-corrected chi connectivity index (χ1v) is 8.07. The third-order valence-corrected chi connectivity index (χ3v) is 3.72. The van der Waals surface area contributed by atoms with Crippen LogP contribution in [0.3, 0.4) is 0 Å². The van der Waals surface area contributed by atoms with Crippen LogP contribution in [0.15, 0.2) is 42.5 Å². The highest BCUT2D eigenvalue weighted by Gasteiger charge is 2.12. The van der Waals surface area contributed by atoms with Gasteiger partial charge in [-0.2, -0.15) is 0 Å². The number of carbonyl (C=O) groups excluding carboxylic acids is 1. The van der Waals surface area contributed by atoms with Gasteiger partial charge in [0.25, 0.3) is 5.91 Å². The Balaban J connectivity index is 1.74. The van der Waals surface area contributed by atoms with Crippen LogP contribution in [0.4, 0.5) is 10.1 Å². The van der Waals surface area contributed by atoms with Crippen molar-refractivity contribution in [1.29, 1.82) is 0 Å². The fraction of sp³-hybridized carbons (Fsp3) is 0.278. The number of rotatable bonds is 7. The number of ether oxygens (including phenoxy) is 1. The molecule has 0 saturated heterocycles. The minimum Gasteiger partial charge on any atom is -0.488 e. The average molecular weight is 352 g/mol. The molecular formula is C18H21ClFN2O2+. The minimum absolute atomic E-state index is 0.204. The highest BCUT2D eigenvalue weighted by Crippen LogP contribution is 2.15. The second-order valence-electron chi connectivity index (χ2n) is 5.72.